The van der Waals surface area contributed by atoms with Gasteiger partial charge in [-0.3, -0.25) is 0 Å². The van der Waals surface area contributed by atoms with Gasteiger partial charge in [0, 0.05) is 5.39 Å². The van der Waals surface area contributed by atoms with Crippen molar-refractivity contribution in [3.05, 3.63) is 60.7 Å². The van der Waals surface area contributed by atoms with Crippen LogP contribution in [0.3, 0.4) is 0 Å². The Morgan fingerprint density at radius 3 is 2.25 bits per heavy atom. The molecule has 0 heterocycles. The summed E-state index contributed by atoms with van der Waals surface area (Å²) >= 11 is 0. The first kappa shape index (κ1) is 12.2. The molecule has 0 amide bonds. The van der Waals surface area contributed by atoms with E-state index in [1.54, 1.807) is 24.3 Å². The molecule has 2 N–H and O–H groups in total. The lowest BCUT2D eigenvalue weighted by molar-refractivity contribution is 0.457. The highest BCUT2D eigenvalue weighted by Crippen LogP contribution is 2.42. The van der Waals surface area contributed by atoms with Crippen molar-refractivity contribution in [2.45, 2.75) is 0 Å². The minimum atomic E-state index is -0.0964. The summed E-state index contributed by atoms with van der Waals surface area (Å²) in [5.74, 6) is -0.166. The Kier molecular flexibility index (Phi) is 3.05. The van der Waals surface area contributed by atoms with E-state index >= 15 is 0 Å². The third-order valence-electron chi connectivity index (χ3n) is 3.00. The second kappa shape index (κ2) is 5.01. The van der Waals surface area contributed by atoms with E-state index in [0.29, 0.717) is 11.1 Å². The van der Waals surface area contributed by atoms with Crippen molar-refractivity contribution in [1.29, 1.82) is 0 Å². The van der Waals surface area contributed by atoms with Gasteiger partial charge in [-0.25, -0.2) is 0 Å². The Hall–Kier alpha value is -2.88. The summed E-state index contributed by atoms with van der Waals surface area (Å²) in [7, 11) is 0. The van der Waals surface area contributed by atoms with E-state index in [4.69, 9.17) is 0 Å². The third kappa shape index (κ3) is 2.19. The van der Waals surface area contributed by atoms with Gasteiger partial charge < -0.3 is 10.2 Å². The van der Waals surface area contributed by atoms with Gasteiger partial charge in [-0.05, 0) is 23.6 Å². The largest absolute Gasteiger partial charge is 0.505 e. The predicted molar refractivity (Wildman–Crippen MR) is 77.9 cm³/mol. The average Bonchev–Trinajstić information content (AvgIpc) is 2.48. The standard InChI is InChI=1S/C16H12N2O2/c19-14-10-11-6-4-5-9-13(11)16(20)15(14)18-17-12-7-2-1-3-8-12/h1-10,19-20H. The van der Waals surface area contributed by atoms with Gasteiger partial charge in [0.15, 0.2) is 11.4 Å². The third-order valence-corrected chi connectivity index (χ3v) is 3.00. The van der Waals surface area contributed by atoms with Crippen molar-refractivity contribution in [2.75, 3.05) is 0 Å². The number of fused-ring (bicyclic) bond motifs is 1. The summed E-state index contributed by atoms with van der Waals surface area (Å²) < 4.78 is 0. The zero-order valence-electron chi connectivity index (χ0n) is 10.6. The van der Waals surface area contributed by atoms with Crippen molar-refractivity contribution >= 4 is 22.1 Å². The molecule has 0 aliphatic rings. The summed E-state index contributed by atoms with van der Waals surface area (Å²) in [4.78, 5) is 0. The van der Waals surface area contributed by atoms with Crippen LogP contribution in [0.4, 0.5) is 11.4 Å². The summed E-state index contributed by atoms with van der Waals surface area (Å²) in [5.41, 5.74) is 0.729. The maximum absolute atomic E-state index is 10.2. The molecule has 0 radical (unpaired) electrons. The van der Waals surface area contributed by atoms with E-state index in [-0.39, 0.29) is 17.2 Å². The van der Waals surface area contributed by atoms with E-state index in [0.717, 1.165) is 5.39 Å². The molecule has 0 aliphatic heterocycles. The summed E-state index contributed by atoms with van der Waals surface area (Å²) in [5, 5.41) is 29.5. The van der Waals surface area contributed by atoms with Gasteiger partial charge in [-0.15, -0.1) is 5.11 Å². The molecule has 0 aromatic heterocycles. The molecule has 3 aromatic rings. The van der Waals surface area contributed by atoms with E-state index in [1.807, 2.05) is 36.4 Å². The molecule has 0 atom stereocenters. The molecule has 0 saturated carbocycles. The van der Waals surface area contributed by atoms with Crippen LogP contribution in [-0.4, -0.2) is 10.2 Å². The molecule has 98 valence electrons. The van der Waals surface area contributed by atoms with Gasteiger partial charge in [-0.2, -0.15) is 5.11 Å². The van der Waals surface area contributed by atoms with Gasteiger partial charge >= 0.3 is 0 Å². The fraction of sp³-hybridized carbons (Fsp3) is 0. The Morgan fingerprint density at radius 2 is 1.45 bits per heavy atom. The topological polar surface area (TPSA) is 65.2 Å². The van der Waals surface area contributed by atoms with Crippen LogP contribution in [0.2, 0.25) is 0 Å². The highest BCUT2D eigenvalue weighted by molar-refractivity contribution is 5.94. The fourth-order valence-corrected chi connectivity index (χ4v) is 2.00. The molecule has 20 heavy (non-hydrogen) atoms. The second-order valence-corrected chi connectivity index (χ2v) is 4.35. The number of hydrogen-bond donors (Lipinski definition) is 2. The molecule has 0 spiro atoms. The molecule has 3 rings (SSSR count). The normalized spacial score (nSPS) is 11.2. The Labute approximate surface area is 115 Å². The molecule has 0 bridgehead atoms. The number of hydrogen-bond acceptors (Lipinski definition) is 4. The zero-order chi connectivity index (χ0) is 13.9. The van der Waals surface area contributed by atoms with E-state index in [2.05, 4.69) is 10.2 Å². The minimum absolute atomic E-state index is 0.0692. The van der Waals surface area contributed by atoms with Crippen LogP contribution in [0.15, 0.2) is 70.9 Å². The number of benzene rings is 3. The molecule has 0 aliphatic carbocycles. The molecule has 3 aromatic carbocycles. The van der Waals surface area contributed by atoms with Crippen LogP contribution in [0.5, 0.6) is 11.5 Å². The quantitative estimate of drug-likeness (QED) is 0.661. The summed E-state index contributed by atoms with van der Waals surface area (Å²) in [6.07, 6.45) is 0. The first-order valence-electron chi connectivity index (χ1n) is 6.16. The first-order chi connectivity index (χ1) is 9.75. The molecule has 0 saturated heterocycles. The number of nitrogens with zero attached hydrogens (tertiary/aromatic N) is 2. The van der Waals surface area contributed by atoms with E-state index < -0.39 is 0 Å². The van der Waals surface area contributed by atoms with Crippen LogP contribution < -0.4 is 0 Å². The summed E-state index contributed by atoms with van der Waals surface area (Å²) in [6, 6.07) is 17.9. The SMILES string of the molecule is Oc1cc2ccccc2c(O)c1N=Nc1ccccc1. The van der Waals surface area contributed by atoms with E-state index in [1.165, 1.54) is 0 Å². The minimum Gasteiger partial charge on any atom is -0.505 e. The Bertz CT molecular complexity index is 783. The fourth-order valence-electron chi connectivity index (χ4n) is 2.00. The van der Waals surface area contributed by atoms with Gasteiger partial charge in [0.05, 0.1) is 5.69 Å². The van der Waals surface area contributed by atoms with Crippen LogP contribution >= 0.6 is 0 Å². The Balaban J connectivity index is 2.10. The van der Waals surface area contributed by atoms with Crippen LogP contribution in [0.25, 0.3) is 10.8 Å². The molecular weight excluding hydrogens is 252 g/mol. The van der Waals surface area contributed by atoms with Gasteiger partial charge in [0.25, 0.3) is 0 Å². The van der Waals surface area contributed by atoms with Crippen molar-refractivity contribution in [3.63, 3.8) is 0 Å². The molecular formula is C16H12N2O2. The number of azo groups is 1. The summed E-state index contributed by atoms with van der Waals surface area (Å²) in [6.45, 7) is 0. The molecule has 0 fully saturated rings. The maximum atomic E-state index is 10.2. The number of phenols is 2. The first-order valence-corrected chi connectivity index (χ1v) is 6.16. The average molecular weight is 264 g/mol. The van der Waals surface area contributed by atoms with Crippen LogP contribution in [-0.2, 0) is 0 Å². The van der Waals surface area contributed by atoms with Gasteiger partial charge in [-0.1, -0.05) is 42.5 Å². The number of aromatic hydroxyl groups is 2. The molecule has 0 unspecified atom stereocenters. The van der Waals surface area contributed by atoms with E-state index in [9.17, 15) is 10.2 Å². The lowest BCUT2D eigenvalue weighted by atomic mass is 10.1. The lowest BCUT2D eigenvalue weighted by Crippen LogP contribution is -1.76. The number of phenolic OH excluding ortho intramolecular Hbond substituents is 2. The lowest BCUT2D eigenvalue weighted by Gasteiger charge is -2.05. The zero-order valence-corrected chi connectivity index (χ0v) is 10.6. The van der Waals surface area contributed by atoms with Crippen LogP contribution in [0, 0.1) is 0 Å². The van der Waals surface area contributed by atoms with Gasteiger partial charge in [0.2, 0.25) is 0 Å². The number of rotatable bonds is 2. The Morgan fingerprint density at radius 1 is 0.750 bits per heavy atom. The second-order valence-electron chi connectivity index (χ2n) is 4.35. The predicted octanol–water partition coefficient (Wildman–Crippen LogP) is 4.67. The van der Waals surface area contributed by atoms with Crippen LogP contribution in [0.1, 0.15) is 0 Å². The highest BCUT2D eigenvalue weighted by atomic mass is 16.3. The van der Waals surface area contributed by atoms with Crippen molar-refractivity contribution < 1.29 is 10.2 Å². The van der Waals surface area contributed by atoms with Crippen molar-refractivity contribution in [1.82, 2.24) is 0 Å². The molecule has 4 heteroatoms. The maximum Gasteiger partial charge on any atom is 0.170 e. The molecule has 4 nitrogen and oxygen atoms in total. The van der Waals surface area contributed by atoms with Crippen molar-refractivity contribution in [2.24, 2.45) is 10.2 Å². The smallest absolute Gasteiger partial charge is 0.170 e. The highest BCUT2D eigenvalue weighted by Gasteiger charge is 2.11. The van der Waals surface area contributed by atoms with Crippen molar-refractivity contribution in [3.8, 4) is 11.5 Å². The van der Waals surface area contributed by atoms with Gasteiger partial charge in [0.1, 0.15) is 5.75 Å². The monoisotopic (exact) mass is 264 g/mol.